The molecule has 2 atom stereocenters. The fraction of sp³-hybridized carbons (Fsp3) is 0.778. The molecular formula is C9H19N3O2S. The molecule has 0 aromatic rings. The van der Waals surface area contributed by atoms with Gasteiger partial charge < -0.3 is 11.1 Å². The Balaban J connectivity index is 3.84. The Bertz CT molecular complexity index is 223. The number of thioether (sulfide) groups is 1. The van der Waals surface area contributed by atoms with Crippen molar-refractivity contribution in [1.82, 2.24) is 10.6 Å². The number of hydrogen-bond acceptors (Lipinski definition) is 4. The van der Waals surface area contributed by atoms with Crippen molar-refractivity contribution >= 4 is 23.7 Å². The van der Waals surface area contributed by atoms with Gasteiger partial charge in [0.05, 0.1) is 5.25 Å². The molecule has 6 heteroatoms. The minimum absolute atomic E-state index is 0.240. The smallest absolute Gasteiger partial charge is 0.321 e. The molecule has 0 heterocycles. The molecule has 0 aliphatic rings. The van der Waals surface area contributed by atoms with Crippen LogP contribution in [0.2, 0.25) is 0 Å². The van der Waals surface area contributed by atoms with E-state index < -0.39 is 6.03 Å². The summed E-state index contributed by atoms with van der Waals surface area (Å²) in [6.07, 6.45) is 0. The summed E-state index contributed by atoms with van der Waals surface area (Å²) in [7, 11) is 1.47. The van der Waals surface area contributed by atoms with E-state index in [1.807, 2.05) is 6.92 Å². The number of nitrogens with one attached hydrogen (secondary N) is 2. The van der Waals surface area contributed by atoms with Crippen LogP contribution in [0.3, 0.4) is 0 Å². The van der Waals surface area contributed by atoms with Gasteiger partial charge in [0.2, 0.25) is 5.91 Å². The van der Waals surface area contributed by atoms with E-state index in [2.05, 4.69) is 10.6 Å². The van der Waals surface area contributed by atoms with E-state index in [1.54, 1.807) is 6.92 Å². The first-order valence-electron chi connectivity index (χ1n) is 4.85. The van der Waals surface area contributed by atoms with Crippen molar-refractivity contribution in [2.45, 2.75) is 19.1 Å². The van der Waals surface area contributed by atoms with Crippen LogP contribution in [0.15, 0.2) is 0 Å². The van der Waals surface area contributed by atoms with Crippen LogP contribution in [0, 0.1) is 5.92 Å². The Morgan fingerprint density at radius 1 is 1.40 bits per heavy atom. The summed E-state index contributed by atoms with van der Waals surface area (Å²) in [5, 5.41) is 4.32. The maximum Gasteiger partial charge on any atom is 0.321 e. The summed E-state index contributed by atoms with van der Waals surface area (Å²) in [6.45, 7) is 4.40. The highest BCUT2D eigenvalue weighted by atomic mass is 32.2. The van der Waals surface area contributed by atoms with Crippen LogP contribution in [0.4, 0.5) is 4.79 Å². The van der Waals surface area contributed by atoms with Gasteiger partial charge in [-0.2, -0.15) is 0 Å². The molecule has 0 saturated carbocycles. The van der Waals surface area contributed by atoms with Crippen LogP contribution >= 0.6 is 11.8 Å². The van der Waals surface area contributed by atoms with Crippen LogP contribution in [-0.4, -0.2) is 36.5 Å². The minimum atomic E-state index is -0.473. The van der Waals surface area contributed by atoms with Gasteiger partial charge >= 0.3 is 6.03 Å². The van der Waals surface area contributed by atoms with Crippen molar-refractivity contribution in [3.63, 3.8) is 0 Å². The summed E-state index contributed by atoms with van der Waals surface area (Å²) in [4.78, 5) is 22.2. The average molecular weight is 233 g/mol. The maximum absolute atomic E-state index is 11.4. The number of nitrogens with two attached hydrogens (primary N) is 1. The van der Waals surface area contributed by atoms with E-state index in [1.165, 1.54) is 18.8 Å². The highest BCUT2D eigenvalue weighted by molar-refractivity contribution is 8.00. The Morgan fingerprint density at radius 3 is 2.47 bits per heavy atom. The number of carbonyl (C=O) groups is 2. The standard InChI is InChI=1S/C9H19N3O2S/c1-6(4-10)5-15-7(2)8(13)12-9(14)11-3/h6-7H,4-5,10H2,1-3H3,(H2,11,12,13,14). The first-order chi connectivity index (χ1) is 7.01. The quantitative estimate of drug-likeness (QED) is 0.631. The van der Waals surface area contributed by atoms with Crippen molar-refractivity contribution in [3.05, 3.63) is 0 Å². The summed E-state index contributed by atoms with van der Waals surface area (Å²) in [5.41, 5.74) is 5.46. The lowest BCUT2D eigenvalue weighted by molar-refractivity contribution is -0.119. The molecule has 0 bridgehead atoms. The van der Waals surface area contributed by atoms with E-state index in [0.29, 0.717) is 12.5 Å². The Hall–Kier alpha value is -0.750. The zero-order valence-corrected chi connectivity index (χ0v) is 10.2. The molecule has 0 spiro atoms. The molecule has 0 aliphatic heterocycles. The highest BCUT2D eigenvalue weighted by Crippen LogP contribution is 2.14. The van der Waals surface area contributed by atoms with Crippen molar-refractivity contribution in [2.75, 3.05) is 19.3 Å². The number of urea groups is 1. The summed E-state index contributed by atoms with van der Waals surface area (Å²) < 4.78 is 0. The number of carbonyl (C=O) groups excluding carboxylic acids is 2. The van der Waals surface area contributed by atoms with Crippen LogP contribution in [-0.2, 0) is 4.79 Å². The Kier molecular flexibility index (Phi) is 7.15. The molecule has 0 saturated heterocycles. The van der Waals surface area contributed by atoms with E-state index in [0.717, 1.165) is 5.75 Å². The lowest BCUT2D eigenvalue weighted by atomic mass is 10.2. The minimum Gasteiger partial charge on any atom is -0.341 e. The van der Waals surface area contributed by atoms with Crippen LogP contribution in [0.5, 0.6) is 0 Å². The second-order valence-corrected chi connectivity index (χ2v) is 4.76. The zero-order chi connectivity index (χ0) is 11.8. The summed E-state index contributed by atoms with van der Waals surface area (Å²) in [5.74, 6) is 0.924. The van der Waals surface area contributed by atoms with Crippen molar-refractivity contribution < 1.29 is 9.59 Å². The predicted octanol–water partition coefficient (Wildman–Crippen LogP) is 0.159. The predicted molar refractivity (Wildman–Crippen MR) is 62.7 cm³/mol. The van der Waals surface area contributed by atoms with Gasteiger partial charge in [0.15, 0.2) is 0 Å². The highest BCUT2D eigenvalue weighted by Gasteiger charge is 2.16. The molecule has 0 aromatic carbocycles. The maximum atomic E-state index is 11.4. The summed E-state index contributed by atoms with van der Waals surface area (Å²) >= 11 is 1.50. The second kappa shape index (κ2) is 7.53. The SMILES string of the molecule is CNC(=O)NC(=O)C(C)SCC(C)CN. The molecular weight excluding hydrogens is 214 g/mol. The Labute approximate surface area is 94.5 Å². The third kappa shape index (κ3) is 6.35. The van der Waals surface area contributed by atoms with Crippen molar-refractivity contribution in [1.29, 1.82) is 0 Å². The molecule has 5 nitrogen and oxygen atoms in total. The molecule has 88 valence electrons. The molecule has 0 aromatic heterocycles. The zero-order valence-electron chi connectivity index (χ0n) is 9.37. The number of imide groups is 1. The third-order valence-electron chi connectivity index (χ3n) is 1.87. The lowest BCUT2D eigenvalue weighted by Gasteiger charge is -2.13. The fourth-order valence-corrected chi connectivity index (χ4v) is 1.69. The van der Waals surface area contributed by atoms with Gasteiger partial charge in [-0.05, 0) is 25.1 Å². The monoisotopic (exact) mass is 233 g/mol. The van der Waals surface area contributed by atoms with Crippen molar-refractivity contribution in [2.24, 2.45) is 11.7 Å². The molecule has 0 rings (SSSR count). The lowest BCUT2D eigenvalue weighted by Crippen LogP contribution is -2.41. The average Bonchev–Trinajstić information content (AvgIpc) is 2.24. The number of amides is 3. The Morgan fingerprint density at radius 2 is 2.00 bits per heavy atom. The molecule has 4 N–H and O–H groups in total. The first kappa shape index (κ1) is 14.2. The molecule has 0 radical (unpaired) electrons. The van der Waals surface area contributed by atoms with Gasteiger partial charge in [-0.1, -0.05) is 6.92 Å². The third-order valence-corrected chi connectivity index (χ3v) is 3.34. The van der Waals surface area contributed by atoms with Crippen LogP contribution < -0.4 is 16.4 Å². The second-order valence-electron chi connectivity index (χ2n) is 3.38. The van der Waals surface area contributed by atoms with E-state index in [9.17, 15) is 9.59 Å². The largest absolute Gasteiger partial charge is 0.341 e. The van der Waals surface area contributed by atoms with Gasteiger partial charge in [-0.15, -0.1) is 11.8 Å². The normalized spacial score (nSPS) is 14.1. The number of hydrogen-bond donors (Lipinski definition) is 3. The van der Waals surface area contributed by atoms with Crippen molar-refractivity contribution in [3.8, 4) is 0 Å². The van der Waals surface area contributed by atoms with E-state index in [-0.39, 0.29) is 11.2 Å². The summed E-state index contributed by atoms with van der Waals surface area (Å²) in [6, 6.07) is -0.473. The first-order valence-corrected chi connectivity index (χ1v) is 5.90. The molecule has 0 fully saturated rings. The van der Waals surface area contributed by atoms with E-state index >= 15 is 0 Å². The van der Waals surface area contributed by atoms with Crippen LogP contribution in [0.25, 0.3) is 0 Å². The van der Waals surface area contributed by atoms with E-state index in [4.69, 9.17) is 5.73 Å². The van der Waals surface area contributed by atoms with Gasteiger partial charge in [-0.25, -0.2) is 4.79 Å². The van der Waals surface area contributed by atoms with Crippen LogP contribution in [0.1, 0.15) is 13.8 Å². The topological polar surface area (TPSA) is 84.2 Å². The molecule has 2 unspecified atom stereocenters. The fourth-order valence-electron chi connectivity index (χ4n) is 0.728. The molecule has 15 heavy (non-hydrogen) atoms. The van der Waals surface area contributed by atoms with Gasteiger partial charge in [0, 0.05) is 7.05 Å². The van der Waals surface area contributed by atoms with Gasteiger partial charge in [-0.3, -0.25) is 10.1 Å². The van der Waals surface area contributed by atoms with Gasteiger partial charge in [0.1, 0.15) is 0 Å². The molecule has 3 amide bonds. The molecule has 0 aliphatic carbocycles. The number of rotatable bonds is 5. The van der Waals surface area contributed by atoms with Gasteiger partial charge in [0.25, 0.3) is 0 Å².